The van der Waals surface area contributed by atoms with Crippen LogP contribution in [0.25, 0.3) is 11.3 Å². The van der Waals surface area contributed by atoms with Gasteiger partial charge in [0.2, 0.25) is 5.89 Å². The van der Waals surface area contributed by atoms with E-state index in [1.165, 1.54) is 15.6 Å². The first kappa shape index (κ1) is 11.5. The van der Waals surface area contributed by atoms with Crippen LogP contribution in [0.5, 0.6) is 0 Å². The Labute approximate surface area is 108 Å². The lowest BCUT2D eigenvalue weighted by Gasteiger charge is -1.96. The fourth-order valence-electron chi connectivity index (χ4n) is 1.78. The van der Waals surface area contributed by atoms with Crippen LogP contribution in [0, 0.1) is 0 Å². The maximum Gasteiger partial charge on any atom is 0.345 e. The third kappa shape index (κ3) is 2.20. The fraction of sp³-hybridized carbons (Fsp3) is 0.154. The third-order valence-electron chi connectivity index (χ3n) is 2.78. The molecule has 0 aliphatic carbocycles. The highest BCUT2D eigenvalue weighted by Crippen LogP contribution is 2.19. The maximum absolute atomic E-state index is 11.6. The number of aromatic nitrogens is 4. The van der Waals surface area contributed by atoms with Crippen LogP contribution in [0.4, 0.5) is 0 Å². The van der Waals surface area contributed by atoms with Gasteiger partial charge in [0, 0.05) is 12.6 Å². The SMILES string of the molecule is Cn1cnn(Cc2ncc(-c3ccccc3)o2)c1=O. The molecule has 0 spiro atoms. The van der Waals surface area contributed by atoms with Crippen LogP contribution in [-0.4, -0.2) is 19.3 Å². The van der Waals surface area contributed by atoms with Crippen LogP contribution in [0.15, 0.2) is 52.1 Å². The average molecular weight is 256 g/mol. The topological polar surface area (TPSA) is 65.8 Å². The molecule has 0 saturated carbocycles. The predicted octanol–water partition coefficient (Wildman–Crippen LogP) is 1.29. The molecule has 0 atom stereocenters. The fourth-order valence-corrected chi connectivity index (χ4v) is 1.78. The molecule has 96 valence electrons. The van der Waals surface area contributed by atoms with Crippen molar-refractivity contribution >= 4 is 0 Å². The van der Waals surface area contributed by atoms with Gasteiger partial charge in [-0.2, -0.15) is 5.10 Å². The smallest absolute Gasteiger partial charge is 0.345 e. The standard InChI is InChI=1S/C13H12N4O2/c1-16-9-15-17(13(16)18)8-12-14-7-11(19-12)10-5-3-2-4-6-10/h2-7,9H,8H2,1H3. The van der Waals surface area contributed by atoms with Crippen LogP contribution in [-0.2, 0) is 13.6 Å². The summed E-state index contributed by atoms with van der Waals surface area (Å²) in [7, 11) is 1.65. The van der Waals surface area contributed by atoms with Crippen molar-refractivity contribution in [2.45, 2.75) is 6.54 Å². The highest BCUT2D eigenvalue weighted by molar-refractivity contribution is 5.55. The lowest BCUT2D eigenvalue weighted by atomic mass is 10.2. The highest BCUT2D eigenvalue weighted by atomic mass is 16.4. The Morgan fingerprint density at radius 2 is 2.05 bits per heavy atom. The summed E-state index contributed by atoms with van der Waals surface area (Å²) in [6, 6.07) is 9.68. The van der Waals surface area contributed by atoms with E-state index in [0.29, 0.717) is 11.7 Å². The molecule has 3 rings (SSSR count). The number of oxazole rings is 1. The maximum atomic E-state index is 11.6. The molecule has 0 unspecified atom stereocenters. The summed E-state index contributed by atoms with van der Waals surface area (Å²) >= 11 is 0. The molecular weight excluding hydrogens is 244 g/mol. The molecule has 3 aromatic rings. The molecule has 0 N–H and O–H groups in total. The third-order valence-corrected chi connectivity index (χ3v) is 2.78. The highest BCUT2D eigenvalue weighted by Gasteiger charge is 2.09. The second-order valence-corrected chi connectivity index (χ2v) is 4.17. The van der Waals surface area contributed by atoms with Crippen molar-refractivity contribution in [2.24, 2.45) is 7.05 Å². The van der Waals surface area contributed by atoms with E-state index in [2.05, 4.69) is 10.1 Å². The minimum Gasteiger partial charge on any atom is -0.439 e. The Hall–Kier alpha value is -2.63. The van der Waals surface area contributed by atoms with Gasteiger partial charge in [-0.3, -0.25) is 4.57 Å². The van der Waals surface area contributed by atoms with E-state index < -0.39 is 0 Å². The Balaban J connectivity index is 1.86. The van der Waals surface area contributed by atoms with Crippen LogP contribution < -0.4 is 5.69 Å². The summed E-state index contributed by atoms with van der Waals surface area (Å²) in [5.41, 5.74) is 0.758. The van der Waals surface area contributed by atoms with Gasteiger partial charge in [0.05, 0.1) is 6.20 Å². The van der Waals surface area contributed by atoms with Crippen LogP contribution in [0.3, 0.4) is 0 Å². The average Bonchev–Trinajstić information content (AvgIpc) is 3.02. The molecule has 0 saturated heterocycles. The zero-order chi connectivity index (χ0) is 13.2. The van der Waals surface area contributed by atoms with Gasteiger partial charge < -0.3 is 4.42 Å². The summed E-state index contributed by atoms with van der Waals surface area (Å²) in [6.45, 7) is 0.229. The zero-order valence-corrected chi connectivity index (χ0v) is 10.4. The molecule has 19 heavy (non-hydrogen) atoms. The first-order valence-corrected chi connectivity index (χ1v) is 5.82. The Morgan fingerprint density at radius 1 is 1.26 bits per heavy atom. The van der Waals surface area contributed by atoms with E-state index in [1.54, 1.807) is 13.2 Å². The van der Waals surface area contributed by atoms with Gasteiger partial charge in [0.1, 0.15) is 12.9 Å². The number of hydrogen-bond acceptors (Lipinski definition) is 4. The lowest BCUT2D eigenvalue weighted by molar-refractivity contribution is 0.467. The van der Waals surface area contributed by atoms with E-state index in [-0.39, 0.29) is 12.2 Å². The molecule has 0 amide bonds. The lowest BCUT2D eigenvalue weighted by Crippen LogP contribution is -2.23. The normalized spacial score (nSPS) is 10.8. The van der Waals surface area contributed by atoms with E-state index in [0.717, 1.165) is 5.56 Å². The molecule has 0 bridgehead atoms. The van der Waals surface area contributed by atoms with Crippen molar-refractivity contribution in [1.82, 2.24) is 19.3 Å². The van der Waals surface area contributed by atoms with E-state index in [9.17, 15) is 4.79 Å². The van der Waals surface area contributed by atoms with E-state index in [4.69, 9.17) is 4.42 Å². The summed E-state index contributed by atoms with van der Waals surface area (Å²) in [6.07, 6.45) is 3.11. The van der Waals surface area contributed by atoms with Gasteiger partial charge in [-0.1, -0.05) is 30.3 Å². The minimum atomic E-state index is -0.195. The van der Waals surface area contributed by atoms with E-state index in [1.807, 2.05) is 30.3 Å². The summed E-state index contributed by atoms with van der Waals surface area (Å²) in [4.78, 5) is 15.8. The monoisotopic (exact) mass is 256 g/mol. The number of rotatable bonds is 3. The number of nitrogens with zero attached hydrogens (tertiary/aromatic N) is 4. The van der Waals surface area contributed by atoms with Crippen LogP contribution >= 0.6 is 0 Å². The molecular formula is C13H12N4O2. The number of benzene rings is 1. The molecule has 1 aromatic carbocycles. The molecule has 0 radical (unpaired) electrons. The first-order chi connectivity index (χ1) is 9.24. The van der Waals surface area contributed by atoms with Gasteiger partial charge >= 0.3 is 5.69 Å². The van der Waals surface area contributed by atoms with Crippen LogP contribution in [0.1, 0.15) is 5.89 Å². The molecule has 6 nitrogen and oxygen atoms in total. The molecule has 0 aliphatic rings. The van der Waals surface area contributed by atoms with Crippen molar-refractivity contribution in [3.63, 3.8) is 0 Å². The number of aryl methyl sites for hydroxylation is 1. The van der Waals surface area contributed by atoms with Crippen LogP contribution in [0.2, 0.25) is 0 Å². The second kappa shape index (κ2) is 4.56. The number of hydrogen-bond donors (Lipinski definition) is 0. The van der Waals surface area contributed by atoms with Crippen molar-refractivity contribution in [3.8, 4) is 11.3 Å². The zero-order valence-electron chi connectivity index (χ0n) is 10.4. The van der Waals surface area contributed by atoms with Gasteiger partial charge in [-0.25, -0.2) is 14.5 Å². The van der Waals surface area contributed by atoms with Crippen molar-refractivity contribution in [1.29, 1.82) is 0 Å². The summed E-state index contributed by atoms with van der Waals surface area (Å²) in [5.74, 6) is 1.14. The Morgan fingerprint density at radius 3 is 2.74 bits per heavy atom. The van der Waals surface area contributed by atoms with Crippen molar-refractivity contribution < 1.29 is 4.42 Å². The molecule has 0 fully saturated rings. The van der Waals surface area contributed by atoms with Gasteiger partial charge in [0.25, 0.3) is 0 Å². The Kier molecular flexibility index (Phi) is 2.75. The van der Waals surface area contributed by atoms with Crippen molar-refractivity contribution in [2.75, 3.05) is 0 Å². The van der Waals surface area contributed by atoms with Gasteiger partial charge in [0.15, 0.2) is 5.76 Å². The van der Waals surface area contributed by atoms with Crippen molar-refractivity contribution in [3.05, 3.63) is 59.2 Å². The van der Waals surface area contributed by atoms with Gasteiger partial charge in [-0.05, 0) is 0 Å². The Bertz CT molecular complexity index is 739. The quantitative estimate of drug-likeness (QED) is 0.708. The molecule has 2 aromatic heterocycles. The molecule has 6 heteroatoms. The summed E-state index contributed by atoms with van der Waals surface area (Å²) in [5, 5.41) is 3.96. The predicted molar refractivity (Wildman–Crippen MR) is 68.5 cm³/mol. The van der Waals surface area contributed by atoms with Gasteiger partial charge in [-0.15, -0.1) is 0 Å². The largest absolute Gasteiger partial charge is 0.439 e. The first-order valence-electron chi connectivity index (χ1n) is 5.82. The summed E-state index contributed by atoms with van der Waals surface area (Å²) < 4.78 is 8.33. The second-order valence-electron chi connectivity index (χ2n) is 4.17. The van der Waals surface area contributed by atoms with E-state index >= 15 is 0 Å². The molecule has 0 aliphatic heterocycles. The minimum absolute atomic E-state index is 0.195. The molecule has 2 heterocycles.